The van der Waals surface area contributed by atoms with E-state index in [4.69, 9.17) is 5.26 Å². The minimum Gasteiger partial charge on any atom is -0.361 e. The maximum atomic E-state index is 8.83. The van der Waals surface area contributed by atoms with Gasteiger partial charge in [-0.3, -0.25) is 0 Å². The minimum atomic E-state index is 0.487. The maximum absolute atomic E-state index is 8.83. The van der Waals surface area contributed by atoms with E-state index in [1.165, 1.54) is 6.20 Å². The lowest BCUT2D eigenvalue weighted by Gasteiger charge is -2.16. The summed E-state index contributed by atoms with van der Waals surface area (Å²) >= 11 is 0. The van der Waals surface area contributed by atoms with E-state index in [1.54, 1.807) is 9.80 Å². The molecule has 0 atom stereocenters. The number of rotatable bonds is 2. The van der Waals surface area contributed by atoms with Crippen LogP contribution in [0.25, 0.3) is 0 Å². The van der Waals surface area contributed by atoms with E-state index in [-0.39, 0.29) is 0 Å². The Morgan fingerprint density at radius 2 is 1.86 bits per heavy atom. The Kier molecular flexibility index (Phi) is 2.87. The van der Waals surface area contributed by atoms with Crippen molar-refractivity contribution in [2.75, 3.05) is 38.0 Å². The first-order valence-corrected chi connectivity index (χ1v) is 4.18. The van der Waals surface area contributed by atoms with Gasteiger partial charge in [0, 0.05) is 28.2 Å². The molecule has 0 aliphatic rings. The lowest BCUT2D eigenvalue weighted by atomic mass is 10.3. The summed E-state index contributed by atoms with van der Waals surface area (Å²) in [5, 5.41) is 8.83. The molecular weight excluding hydrogens is 178 g/mol. The fourth-order valence-corrected chi connectivity index (χ4v) is 0.999. The number of anilines is 2. The fourth-order valence-electron chi connectivity index (χ4n) is 0.999. The molecule has 0 spiro atoms. The molecule has 1 rings (SSSR count). The Bertz CT molecular complexity index is 364. The van der Waals surface area contributed by atoms with E-state index in [0.717, 1.165) is 0 Å². The van der Waals surface area contributed by atoms with Gasteiger partial charge in [0.1, 0.15) is 11.6 Å². The van der Waals surface area contributed by atoms with Crippen molar-refractivity contribution in [2.24, 2.45) is 0 Å². The topological polar surface area (TPSA) is 56.1 Å². The molecule has 0 amide bonds. The zero-order valence-electron chi connectivity index (χ0n) is 8.81. The van der Waals surface area contributed by atoms with Crippen LogP contribution in [0.4, 0.5) is 11.8 Å². The number of nitriles is 1. The molecule has 0 unspecified atom stereocenters. The largest absolute Gasteiger partial charge is 0.361 e. The van der Waals surface area contributed by atoms with E-state index >= 15 is 0 Å². The summed E-state index contributed by atoms with van der Waals surface area (Å²) in [4.78, 5) is 11.9. The van der Waals surface area contributed by atoms with E-state index in [2.05, 4.69) is 16.0 Å². The Hall–Kier alpha value is -1.83. The monoisotopic (exact) mass is 191 g/mol. The molecule has 14 heavy (non-hydrogen) atoms. The van der Waals surface area contributed by atoms with Gasteiger partial charge in [-0.05, 0) is 0 Å². The highest BCUT2D eigenvalue weighted by Gasteiger charge is 2.09. The summed E-state index contributed by atoms with van der Waals surface area (Å²) in [5.41, 5.74) is 0.487. The first kappa shape index (κ1) is 10.3. The van der Waals surface area contributed by atoms with E-state index in [9.17, 15) is 0 Å². The number of nitrogens with zero attached hydrogens (tertiary/aromatic N) is 5. The molecule has 74 valence electrons. The first-order valence-electron chi connectivity index (χ1n) is 4.18. The average molecular weight is 191 g/mol. The lowest BCUT2D eigenvalue weighted by Crippen LogP contribution is -2.18. The SMILES string of the molecule is CN(C)c1ncc(C#N)c(N(C)C)n1. The second-order valence-electron chi connectivity index (χ2n) is 3.31. The predicted octanol–water partition coefficient (Wildman–Crippen LogP) is 0.480. The molecule has 0 aliphatic carbocycles. The number of aromatic nitrogens is 2. The zero-order valence-corrected chi connectivity index (χ0v) is 8.81. The molecule has 1 aromatic heterocycles. The van der Waals surface area contributed by atoms with Gasteiger partial charge in [0.2, 0.25) is 5.95 Å². The van der Waals surface area contributed by atoms with Crippen LogP contribution in [0.2, 0.25) is 0 Å². The molecule has 1 heterocycles. The second kappa shape index (κ2) is 3.92. The molecule has 0 aromatic carbocycles. The predicted molar refractivity (Wildman–Crippen MR) is 55.4 cm³/mol. The average Bonchev–Trinajstić information content (AvgIpc) is 2.16. The van der Waals surface area contributed by atoms with Gasteiger partial charge in [-0.25, -0.2) is 4.98 Å². The third-order valence-corrected chi connectivity index (χ3v) is 1.70. The van der Waals surface area contributed by atoms with Crippen molar-refractivity contribution in [3.05, 3.63) is 11.8 Å². The summed E-state index contributed by atoms with van der Waals surface area (Å²) in [5.74, 6) is 1.25. The highest BCUT2D eigenvalue weighted by Crippen LogP contribution is 2.16. The van der Waals surface area contributed by atoms with Gasteiger partial charge in [0.15, 0.2) is 5.82 Å². The van der Waals surface area contributed by atoms with Gasteiger partial charge in [0.25, 0.3) is 0 Å². The van der Waals surface area contributed by atoms with Crippen LogP contribution >= 0.6 is 0 Å². The molecule has 0 N–H and O–H groups in total. The molecule has 0 saturated heterocycles. The van der Waals surface area contributed by atoms with Gasteiger partial charge in [-0.15, -0.1) is 0 Å². The van der Waals surface area contributed by atoms with Crippen LogP contribution < -0.4 is 9.80 Å². The molecule has 0 bridgehead atoms. The van der Waals surface area contributed by atoms with Crippen LogP contribution in [-0.4, -0.2) is 38.2 Å². The normalized spacial score (nSPS) is 9.36. The van der Waals surface area contributed by atoms with Crippen molar-refractivity contribution in [3.63, 3.8) is 0 Å². The van der Waals surface area contributed by atoms with Crippen molar-refractivity contribution < 1.29 is 0 Å². The number of hydrogen-bond donors (Lipinski definition) is 0. The summed E-state index contributed by atoms with van der Waals surface area (Å²) in [7, 11) is 7.42. The van der Waals surface area contributed by atoms with Crippen molar-refractivity contribution in [1.82, 2.24) is 9.97 Å². The Morgan fingerprint density at radius 1 is 1.21 bits per heavy atom. The van der Waals surface area contributed by atoms with E-state index in [0.29, 0.717) is 17.3 Å². The molecule has 5 nitrogen and oxygen atoms in total. The Labute approximate surface area is 83.6 Å². The molecule has 5 heteroatoms. The highest BCUT2D eigenvalue weighted by atomic mass is 15.3. The summed E-state index contributed by atoms with van der Waals surface area (Å²) in [6, 6.07) is 2.06. The third kappa shape index (κ3) is 1.91. The second-order valence-corrected chi connectivity index (χ2v) is 3.31. The smallest absolute Gasteiger partial charge is 0.226 e. The quantitative estimate of drug-likeness (QED) is 0.680. The van der Waals surface area contributed by atoms with Crippen LogP contribution in [0.5, 0.6) is 0 Å². The van der Waals surface area contributed by atoms with Crippen molar-refractivity contribution in [3.8, 4) is 6.07 Å². The molecular formula is C9H13N5. The van der Waals surface area contributed by atoms with Crippen molar-refractivity contribution in [1.29, 1.82) is 5.26 Å². The van der Waals surface area contributed by atoms with Crippen LogP contribution in [-0.2, 0) is 0 Å². The zero-order chi connectivity index (χ0) is 10.7. The minimum absolute atomic E-state index is 0.487. The van der Waals surface area contributed by atoms with Crippen molar-refractivity contribution >= 4 is 11.8 Å². The van der Waals surface area contributed by atoms with Gasteiger partial charge < -0.3 is 9.80 Å². The highest BCUT2D eigenvalue weighted by molar-refractivity contribution is 5.54. The number of hydrogen-bond acceptors (Lipinski definition) is 5. The first-order chi connectivity index (χ1) is 6.56. The van der Waals surface area contributed by atoms with Crippen molar-refractivity contribution in [2.45, 2.75) is 0 Å². The van der Waals surface area contributed by atoms with E-state index in [1.807, 2.05) is 28.2 Å². The van der Waals surface area contributed by atoms with Crippen LogP contribution in [0.3, 0.4) is 0 Å². The Balaban J connectivity index is 3.23. The van der Waals surface area contributed by atoms with E-state index < -0.39 is 0 Å². The Morgan fingerprint density at radius 3 is 2.29 bits per heavy atom. The lowest BCUT2D eigenvalue weighted by molar-refractivity contribution is 0.963. The summed E-state index contributed by atoms with van der Waals surface area (Å²) in [6.07, 6.45) is 1.54. The van der Waals surface area contributed by atoms with Gasteiger partial charge in [0.05, 0.1) is 6.20 Å². The van der Waals surface area contributed by atoms with Gasteiger partial charge in [-0.1, -0.05) is 0 Å². The van der Waals surface area contributed by atoms with Crippen LogP contribution in [0, 0.1) is 11.3 Å². The molecule has 0 aliphatic heterocycles. The van der Waals surface area contributed by atoms with Crippen LogP contribution in [0.15, 0.2) is 6.20 Å². The van der Waals surface area contributed by atoms with Crippen LogP contribution in [0.1, 0.15) is 5.56 Å². The molecule has 0 fully saturated rings. The maximum Gasteiger partial charge on any atom is 0.226 e. The summed E-state index contributed by atoms with van der Waals surface area (Å²) < 4.78 is 0. The molecule has 0 radical (unpaired) electrons. The van der Waals surface area contributed by atoms with Gasteiger partial charge in [-0.2, -0.15) is 10.2 Å². The third-order valence-electron chi connectivity index (χ3n) is 1.70. The fraction of sp³-hybridized carbons (Fsp3) is 0.444. The standard InChI is InChI=1S/C9H13N5/c1-13(2)8-7(5-10)6-11-9(12-8)14(3)4/h6H,1-4H3. The molecule has 0 saturated carbocycles. The molecule has 1 aromatic rings. The summed E-state index contributed by atoms with van der Waals surface area (Å²) in [6.45, 7) is 0. The van der Waals surface area contributed by atoms with Gasteiger partial charge >= 0.3 is 0 Å².